The molecule has 1 aliphatic heterocycles. The Morgan fingerprint density at radius 1 is 1.07 bits per heavy atom. The average molecular weight is 392 g/mol. The van der Waals surface area contributed by atoms with Crippen LogP contribution < -0.4 is 4.74 Å². The van der Waals surface area contributed by atoms with Crippen molar-refractivity contribution in [3.63, 3.8) is 0 Å². The minimum absolute atomic E-state index is 0.0812. The van der Waals surface area contributed by atoms with Gasteiger partial charge in [-0.1, -0.05) is 5.16 Å². The minimum Gasteiger partial charge on any atom is -0.497 e. The maximum absolute atomic E-state index is 12.8. The highest BCUT2D eigenvalue weighted by molar-refractivity contribution is 5.93. The molecule has 0 aliphatic carbocycles. The van der Waals surface area contributed by atoms with Gasteiger partial charge in [-0.2, -0.15) is 0 Å². The lowest BCUT2D eigenvalue weighted by molar-refractivity contribution is 0.0628. The normalized spacial score (nSPS) is 14.7. The summed E-state index contributed by atoms with van der Waals surface area (Å²) in [5.41, 5.74) is 2.49. The molecule has 3 aromatic rings. The Bertz CT molecular complexity index is 932. The van der Waals surface area contributed by atoms with Crippen LogP contribution in [-0.2, 0) is 6.42 Å². The summed E-state index contributed by atoms with van der Waals surface area (Å²) in [5, 5.41) is 3.99. The first-order chi connectivity index (χ1) is 14.2. The highest BCUT2D eigenvalue weighted by Crippen LogP contribution is 2.23. The van der Waals surface area contributed by atoms with Gasteiger partial charge in [0.2, 0.25) is 0 Å². The van der Waals surface area contributed by atoms with E-state index in [1.165, 1.54) is 5.56 Å². The van der Waals surface area contributed by atoms with Crippen LogP contribution >= 0.6 is 0 Å². The van der Waals surface area contributed by atoms with E-state index < -0.39 is 0 Å². The van der Waals surface area contributed by atoms with Gasteiger partial charge in [0.25, 0.3) is 5.91 Å². The number of amides is 1. The number of hydrogen-bond donors (Lipinski definition) is 0. The lowest BCUT2D eigenvalue weighted by Crippen LogP contribution is -2.49. The predicted octanol–water partition coefficient (Wildman–Crippen LogP) is 2.75. The average Bonchev–Trinajstić information content (AvgIpc) is 3.29. The number of nitrogens with zero attached hydrogens (tertiary/aromatic N) is 4. The van der Waals surface area contributed by atoms with Crippen molar-refractivity contribution >= 4 is 5.91 Å². The Morgan fingerprint density at radius 2 is 1.79 bits per heavy atom. The summed E-state index contributed by atoms with van der Waals surface area (Å²) in [6.45, 7) is 4.09. The van der Waals surface area contributed by atoms with Crippen LogP contribution in [0.3, 0.4) is 0 Å². The zero-order valence-electron chi connectivity index (χ0n) is 16.5. The SMILES string of the molecule is COc1ccc(-c2cc(C(=O)N3CCN(CCc4ccncc4)CC3)no2)cc1. The molecule has 1 aliphatic rings. The minimum atomic E-state index is -0.0812. The highest BCUT2D eigenvalue weighted by Gasteiger charge is 2.24. The van der Waals surface area contributed by atoms with Crippen molar-refractivity contribution in [2.24, 2.45) is 0 Å². The molecule has 2 aromatic heterocycles. The summed E-state index contributed by atoms with van der Waals surface area (Å²) in [7, 11) is 1.62. The molecule has 0 N–H and O–H groups in total. The number of rotatable bonds is 6. The standard InChI is InChI=1S/C22H24N4O3/c1-28-19-4-2-18(3-5-19)21-16-20(24-29-21)22(27)26-14-12-25(13-15-26)11-8-17-6-9-23-10-7-17/h2-7,9-10,16H,8,11-15H2,1H3. The summed E-state index contributed by atoms with van der Waals surface area (Å²) >= 11 is 0. The summed E-state index contributed by atoms with van der Waals surface area (Å²) in [4.78, 5) is 21.1. The molecule has 1 fully saturated rings. The molecule has 0 bridgehead atoms. The zero-order valence-corrected chi connectivity index (χ0v) is 16.5. The number of aromatic nitrogens is 2. The fraction of sp³-hybridized carbons (Fsp3) is 0.318. The molecule has 0 spiro atoms. The zero-order chi connectivity index (χ0) is 20.1. The van der Waals surface area contributed by atoms with Gasteiger partial charge in [-0.15, -0.1) is 0 Å². The third kappa shape index (κ3) is 4.63. The van der Waals surface area contributed by atoms with E-state index in [0.29, 0.717) is 24.5 Å². The van der Waals surface area contributed by atoms with Gasteiger partial charge in [0.05, 0.1) is 7.11 Å². The number of pyridine rings is 1. The molecule has 7 nitrogen and oxygen atoms in total. The predicted molar refractivity (Wildman–Crippen MR) is 109 cm³/mol. The summed E-state index contributed by atoms with van der Waals surface area (Å²) in [5.74, 6) is 1.26. The van der Waals surface area contributed by atoms with E-state index in [-0.39, 0.29) is 5.91 Å². The second-order valence-corrected chi connectivity index (χ2v) is 7.04. The third-order valence-corrected chi connectivity index (χ3v) is 5.23. The second-order valence-electron chi connectivity index (χ2n) is 7.04. The molecule has 29 heavy (non-hydrogen) atoms. The van der Waals surface area contributed by atoms with Gasteiger partial charge in [0, 0.05) is 56.7 Å². The van der Waals surface area contributed by atoms with Gasteiger partial charge in [-0.05, 0) is 48.4 Å². The smallest absolute Gasteiger partial charge is 0.276 e. The van der Waals surface area contributed by atoms with Crippen molar-refractivity contribution in [2.45, 2.75) is 6.42 Å². The van der Waals surface area contributed by atoms with Gasteiger partial charge < -0.3 is 14.2 Å². The maximum atomic E-state index is 12.8. The van der Waals surface area contributed by atoms with Crippen molar-refractivity contribution in [1.82, 2.24) is 19.9 Å². The molecular weight excluding hydrogens is 368 g/mol. The maximum Gasteiger partial charge on any atom is 0.276 e. The number of methoxy groups -OCH3 is 1. The van der Waals surface area contributed by atoms with E-state index >= 15 is 0 Å². The van der Waals surface area contributed by atoms with Crippen LogP contribution in [0.15, 0.2) is 59.4 Å². The topological polar surface area (TPSA) is 71.7 Å². The van der Waals surface area contributed by atoms with E-state index in [2.05, 4.69) is 15.0 Å². The lowest BCUT2D eigenvalue weighted by atomic mass is 10.1. The van der Waals surface area contributed by atoms with Crippen LogP contribution in [0.4, 0.5) is 0 Å². The van der Waals surface area contributed by atoms with Crippen molar-refractivity contribution in [1.29, 1.82) is 0 Å². The van der Waals surface area contributed by atoms with Crippen LogP contribution in [0.2, 0.25) is 0 Å². The number of carbonyl (C=O) groups excluding carboxylic acids is 1. The van der Waals surface area contributed by atoms with Crippen molar-refractivity contribution in [2.75, 3.05) is 39.8 Å². The third-order valence-electron chi connectivity index (χ3n) is 5.23. The molecule has 4 rings (SSSR count). The fourth-order valence-corrected chi connectivity index (χ4v) is 3.44. The molecule has 1 aromatic carbocycles. The summed E-state index contributed by atoms with van der Waals surface area (Å²) in [6.07, 6.45) is 4.64. The van der Waals surface area contributed by atoms with Gasteiger partial charge >= 0.3 is 0 Å². The number of hydrogen-bond acceptors (Lipinski definition) is 6. The van der Waals surface area contributed by atoms with Crippen LogP contribution in [0, 0.1) is 0 Å². The molecule has 0 radical (unpaired) electrons. The molecule has 7 heteroatoms. The summed E-state index contributed by atoms with van der Waals surface area (Å²) < 4.78 is 10.6. The first kappa shape index (κ1) is 19.1. The van der Waals surface area contributed by atoms with Gasteiger partial charge in [-0.25, -0.2) is 0 Å². The number of ether oxygens (including phenoxy) is 1. The molecule has 1 saturated heterocycles. The monoisotopic (exact) mass is 392 g/mol. The Labute approximate surface area is 169 Å². The molecule has 0 atom stereocenters. The highest BCUT2D eigenvalue weighted by atomic mass is 16.5. The van der Waals surface area contributed by atoms with Crippen LogP contribution in [0.1, 0.15) is 16.1 Å². The van der Waals surface area contributed by atoms with E-state index in [1.807, 2.05) is 53.7 Å². The van der Waals surface area contributed by atoms with Gasteiger partial charge in [0.15, 0.2) is 11.5 Å². The van der Waals surface area contributed by atoms with Crippen molar-refractivity contribution < 1.29 is 14.1 Å². The Balaban J connectivity index is 1.31. The first-order valence-corrected chi connectivity index (χ1v) is 9.74. The van der Waals surface area contributed by atoms with E-state index in [9.17, 15) is 4.79 Å². The fourth-order valence-electron chi connectivity index (χ4n) is 3.44. The number of piperazine rings is 1. The van der Waals surface area contributed by atoms with Crippen molar-refractivity contribution in [3.8, 4) is 17.1 Å². The van der Waals surface area contributed by atoms with Crippen LogP contribution in [0.5, 0.6) is 5.75 Å². The quantitative estimate of drug-likeness (QED) is 0.642. The molecule has 1 amide bonds. The Hall–Kier alpha value is -3.19. The molecular formula is C22H24N4O3. The molecule has 150 valence electrons. The first-order valence-electron chi connectivity index (χ1n) is 9.74. The second kappa shape index (κ2) is 8.87. The Morgan fingerprint density at radius 3 is 2.48 bits per heavy atom. The van der Waals surface area contributed by atoms with Crippen molar-refractivity contribution in [3.05, 3.63) is 66.1 Å². The van der Waals surface area contributed by atoms with Gasteiger partial charge in [-0.3, -0.25) is 14.7 Å². The number of carbonyl (C=O) groups is 1. The van der Waals surface area contributed by atoms with E-state index in [4.69, 9.17) is 9.26 Å². The van der Waals surface area contributed by atoms with E-state index in [0.717, 1.165) is 37.4 Å². The largest absolute Gasteiger partial charge is 0.497 e. The van der Waals surface area contributed by atoms with Gasteiger partial charge in [0.1, 0.15) is 5.75 Å². The Kier molecular flexibility index (Phi) is 5.86. The van der Waals surface area contributed by atoms with Crippen LogP contribution in [-0.4, -0.2) is 65.7 Å². The van der Waals surface area contributed by atoms with E-state index in [1.54, 1.807) is 13.2 Å². The molecule has 0 saturated carbocycles. The van der Waals surface area contributed by atoms with Crippen LogP contribution in [0.25, 0.3) is 11.3 Å². The lowest BCUT2D eigenvalue weighted by Gasteiger charge is -2.34. The molecule has 3 heterocycles. The number of benzene rings is 1. The summed E-state index contributed by atoms with van der Waals surface area (Å²) in [6, 6.07) is 13.3. The molecule has 0 unspecified atom stereocenters.